The first kappa shape index (κ1) is 16.8. The lowest BCUT2D eigenvalue weighted by Gasteiger charge is -2.18. The molecule has 0 aromatic carbocycles. The molecule has 0 aliphatic carbocycles. The van der Waals surface area contributed by atoms with Crippen molar-refractivity contribution in [1.82, 2.24) is 24.7 Å². The Hall–Kier alpha value is -3.67. The van der Waals surface area contributed by atoms with Crippen LogP contribution in [0.2, 0.25) is 0 Å². The van der Waals surface area contributed by atoms with Gasteiger partial charge in [0.25, 0.3) is 0 Å². The number of nitriles is 1. The van der Waals surface area contributed by atoms with Crippen LogP contribution in [0.15, 0.2) is 36.9 Å². The Kier molecular flexibility index (Phi) is 4.30. The largest absolute Gasteiger partial charge is 0.493 e. The van der Waals surface area contributed by atoms with Crippen molar-refractivity contribution in [1.29, 1.82) is 5.26 Å². The fourth-order valence-electron chi connectivity index (χ4n) is 3.06. The molecule has 4 heterocycles. The number of rotatable bonds is 4. The first-order valence-electron chi connectivity index (χ1n) is 8.48. The zero-order chi connectivity index (χ0) is 18.8. The van der Waals surface area contributed by atoms with E-state index in [-0.39, 0.29) is 12.0 Å². The second-order valence-corrected chi connectivity index (χ2v) is 6.25. The predicted octanol–water partition coefficient (Wildman–Crippen LogP) is 1.60. The molecule has 0 spiro atoms. The monoisotopic (exact) mass is 363 g/mol. The van der Waals surface area contributed by atoms with Crippen LogP contribution in [0.25, 0.3) is 5.82 Å². The topological polar surface area (TPSA) is 113 Å². The quantitative estimate of drug-likeness (QED) is 0.744. The summed E-state index contributed by atoms with van der Waals surface area (Å²) in [4.78, 5) is 14.6. The summed E-state index contributed by atoms with van der Waals surface area (Å²) in [6.45, 7) is 3.18. The molecule has 1 unspecified atom stereocenters. The number of aromatic hydroxyl groups is 1. The minimum Gasteiger partial charge on any atom is -0.493 e. The van der Waals surface area contributed by atoms with E-state index in [4.69, 9.17) is 4.74 Å². The molecule has 4 rings (SSSR count). The Balaban J connectivity index is 1.50. The number of hydrogen-bond donors (Lipinski definition) is 1. The molecule has 1 aliphatic rings. The molecule has 0 bridgehead atoms. The summed E-state index contributed by atoms with van der Waals surface area (Å²) in [6.07, 6.45) is 5.31. The molecule has 9 nitrogen and oxygen atoms in total. The first-order valence-corrected chi connectivity index (χ1v) is 8.48. The second kappa shape index (κ2) is 6.92. The van der Waals surface area contributed by atoms with Crippen molar-refractivity contribution >= 4 is 5.82 Å². The molecular formula is C18H17N7O2. The maximum absolute atomic E-state index is 9.97. The van der Waals surface area contributed by atoms with Crippen molar-refractivity contribution in [3.63, 3.8) is 0 Å². The van der Waals surface area contributed by atoms with Crippen LogP contribution in [0, 0.1) is 18.3 Å². The maximum Gasteiger partial charge on any atom is 0.215 e. The van der Waals surface area contributed by atoms with E-state index in [2.05, 4.69) is 31.0 Å². The Morgan fingerprint density at radius 2 is 2.15 bits per heavy atom. The summed E-state index contributed by atoms with van der Waals surface area (Å²) in [5.41, 5.74) is 1.17. The molecule has 3 aromatic heterocycles. The first-order chi connectivity index (χ1) is 13.1. The molecule has 1 aliphatic heterocycles. The highest BCUT2D eigenvalue weighted by Gasteiger charge is 2.26. The van der Waals surface area contributed by atoms with E-state index in [1.54, 1.807) is 37.5 Å². The summed E-state index contributed by atoms with van der Waals surface area (Å²) in [6, 6.07) is 7.10. The van der Waals surface area contributed by atoms with Gasteiger partial charge in [0.2, 0.25) is 5.88 Å². The van der Waals surface area contributed by atoms with Gasteiger partial charge < -0.3 is 14.7 Å². The summed E-state index contributed by atoms with van der Waals surface area (Å²) in [5.74, 6) is 1.74. The lowest BCUT2D eigenvalue weighted by Crippen LogP contribution is -2.25. The highest BCUT2D eigenvalue weighted by atomic mass is 16.5. The molecule has 9 heteroatoms. The van der Waals surface area contributed by atoms with E-state index in [9.17, 15) is 10.4 Å². The second-order valence-electron chi connectivity index (χ2n) is 6.25. The van der Waals surface area contributed by atoms with Crippen molar-refractivity contribution < 1.29 is 9.84 Å². The van der Waals surface area contributed by atoms with Gasteiger partial charge in [-0.3, -0.25) is 4.98 Å². The van der Waals surface area contributed by atoms with Crippen molar-refractivity contribution in [3.05, 3.63) is 48.2 Å². The van der Waals surface area contributed by atoms with E-state index in [1.165, 1.54) is 11.0 Å². The van der Waals surface area contributed by atoms with Gasteiger partial charge in [-0.25, -0.2) is 9.97 Å². The molecule has 1 saturated heterocycles. The molecule has 0 saturated carbocycles. The minimum absolute atomic E-state index is 0.0281. The van der Waals surface area contributed by atoms with Gasteiger partial charge in [-0.15, -0.1) is 0 Å². The lowest BCUT2D eigenvalue weighted by molar-refractivity contribution is 0.223. The predicted molar refractivity (Wildman–Crippen MR) is 95.8 cm³/mol. The highest BCUT2D eigenvalue weighted by Crippen LogP contribution is 2.25. The Morgan fingerprint density at radius 3 is 2.93 bits per heavy atom. The standard InChI is InChI=1S/C18H17N7O2/c1-12-6-18(26)25(23-12)17-7-16(21-11-22-17)24-5-3-14(10-24)27-15-9-20-4-2-13(15)8-19/h2,4,6-7,9,11,14,26H,3,5,10H2,1H3. The SMILES string of the molecule is Cc1cc(O)n(-c2cc(N3CCC(Oc4cnccc4C#N)C3)ncn2)n1. The van der Waals surface area contributed by atoms with Gasteiger partial charge in [-0.2, -0.15) is 15.0 Å². The molecule has 1 N–H and O–H groups in total. The third-order valence-corrected chi connectivity index (χ3v) is 4.34. The summed E-state index contributed by atoms with van der Waals surface area (Å²) in [7, 11) is 0. The fourth-order valence-corrected chi connectivity index (χ4v) is 3.06. The van der Waals surface area contributed by atoms with Crippen LogP contribution >= 0.6 is 0 Å². The minimum atomic E-state index is -0.0694. The van der Waals surface area contributed by atoms with Gasteiger partial charge >= 0.3 is 0 Å². The molecule has 1 fully saturated rings. The zero-order valence-electron chi connectivity index (χ0n) is 14.6. The van der Waals surface area contributed by atoms with Crippen LogP contribution in [0.3, 0.4) is 0 Å². The molecule has 3 aromatic rings. The number of aryl methyl sites for hydroxylation is 1. The van der Waals surface area contributed by atoms with Crippen molar-refractivity contribution in [2.75, 3.05) is 18.0 Å². The van der Waals surface area contributed by atoms with Gasteiger partial charge in [-0.1, -0.05) is 0 Å². The number of ether oxygens (including phenoxy) is 1. The van der Waals surface area contributed by atoms with Gasteiger partial charge in [0.15, 0.2) is 11.6 Å². The van der Waals surface area contributed by atoms with Crippen LogP contribution in [0.1, 0.15) is 17.7 Å². The van der Waals surface area contributed by atoms with E-state index in [0.29, 0.717) is 29.4 Å². The molecule has 27 heavy (non-hydrogen) atoms. The van der Waals surface area contributed by atoms with Crippen molar-refractivity contribution in [2.45, 2.75) is 19.4 Å². The van der Waals surface area contributed by atoms with Gasteiger partial charge in [0, 0.05) is 31.3 Å². The van der Waals surface area contributed by atoms with E-state index in [0.717, 1.165) is 18.8 Å². The number of anilines is 1. The van der Waals surface area contributed by atoms with Crippen LogP contribution in [0.5, 0.6) is 11.6 Å². The summed E-state index contributed by atoms with van der Waals surface area (Å²) >= 11 is 0. The van der Waals surface area contributed by atoms with Gasteiger partial charge in [-0.05, 0) is 13.0 Å². The molecule has 1 atom stereocenters. The molecule has 0 amide bonds. The number of aromatic nitrogens is 5. The molecule has 0 radical (unpaired) electrons. The smallest absolute Gasteiger partial charge is 0.215 e. The third kappa shape index (κ3) is 3.37. The van der Waals surface area contributed by atoms with E-state index in [1.807, 2.05) is 0 Å². The molecule has 136 valence electrons. The average Bonchev–Trinajstić information content (AvgIpc) is 3.28. The maximum atomic E-state index is 9.97. The number of pyridine rings is 1. The lowest BCUT2D eigenvalue weighted by atomic mass is 10.2. The van der Waals surface area contributed by atoms with Crippen LogP contribution < -0.4 is 9.64 Å². The highest BCUT2D eigenvalue weighted by molar-refractivity contribution is 5.46. The Morgan fingerprint density at radius 1 is 1.30 bits per heavy atom. The third-order valence-electron chi connectivity index (χ3n) is 4.34. The normalized spacial score (nSPS) is 16.3. The van der Waals surface area contributed by atoms with Crippen LogP contribution in [-0.4, -0.2) is 49.0 Å². The van der Waals surface area contributed by atoms with Crippen LogP contribution in [0.4, 0.5) is 5.82 Å². The van der Waals surface area contributed by atoms with E-state index >= 15 is 0 Å². The molecular weight excluding hydrogens is 346 g/mol. The van der Waals surface area contributed by atoms with E-state index < -0.39 is 0 Å². The number of nitrogens with zero attached hydrogens (tertiary/aromatic N) is 7. The zero-order valence-corrected chi connectivity index (χ0v) is 14.6. The summed E-state index contributed by atoms with van der Waals surface area (Å²) in [5, 5.41) is 23.4. The average molecular weight is 363 g/mol. The Bertz CT molecular complexity index is 1010. The van der Waals surface area contributed by atoms with Crippen molar-refractivity contribution in [3.8, 4) is 23.5 Å². The van der Waals surface area contributed by atoms with Crippen LogP contribution in [-0.2, 0) is 0 Å². The van der Waals surface area contributed by atoms with Crippen molar-refractivity contribution in [2.24, 2.45) is 0 Å². The Labute approximate surface area is 155 Å². The van der Waals surface area contributed by atoms with Gasteiger partial charge in [0.05, 0.1) is 24.0 Å². The number of hydrogen-bond acceptors (Lipinski definition) is 8. The van der Waals surface area contributed by atoms with Gasteiger partial charge in [0.1, 0.15) is 24.3 Å². The fraction of sp³-hybridized carbons (Fsp3) is 0.278. The summed E-state index contributed by atoms with van der Waals surface area (Å²) < 4.78 is 7.33.